The molecule has 1 aromatic carbocycles. The Bertz CT molecular complexity index is 532. The summed E-state index contributed by atoms with van der Waals surface area (Å²) in [5, 5.41) is 9.65. The van der Waals surface area contributed by atoms with Crippen LogP contribution < -0.4 is 4.74 Å². The smallest absolute Gasteiger partial charge is 0.326 e. The Hall–Kier alpha value is -1.75. The number of ether oxygens (including phenoxy) is 1. The van der Waals surface area contributed by atoms with Crippen molar-refractivity contribution in [2.75, 3.05) is 13.2 Å². The molecule has 0 aliphatic carbocycles. The third-order valence-corrected chi connectivity index (χ3v) is 3.58. The van der Waals surface area contributed by atoms with Crippen LogP contribution in [0, 0.1) is 6.92 Å². The fourth-order valence-electron chi connectivity index (χ4n) is 2.32. The van der Waals surface area contributed by atoms with Crippen LogP contribution in [0.15, 0.2) is 18.2 Å². The second kappa shape index (κ2) is 6.13. The summed E-state index contributed by atoms with van der Waals surface area (Å²) in [5.74, 6) is -0.684. The normalized spacial score (nSPS) is 18.1. The molecule has 0 unspecified atom stereocenters. The van der Waals surface area contributed by atoms with Gasteiger partial charge in [-0.05, 0) is 43.5 Å². The monoisotopic (exact) mass is 297 g/mol. The number of carboxylic acids is 1. The van der Waals surface area contributed by atoms with E-state index in [-0.39, 0.29) is 12.5 Å². The van der Waals surface area contributed by atoms with Crippen molar-refractivity contribution in [3.8, 4) is 5.75 Å². The van der Waals surface area contributed by atoms with E-state index in [1.54, 1.807) is 18.2 Å². The van der Waals surface area contributed by atoms with Crippen LogP contribution >= 0.6 is 11.6 Å². The third kappa shape index (κ3) is 3.22. The number of nitrogens with zero attached hydrogens (tertiary/aromatic N) is 1. The summed E-state index contributed by atoms with van der Waals surface area (Å²) < 4.78 is 5.45. The Morgan fingerprint density at radius 1 is 1.50 bits per heavy atom. The number of aliphatic carboxylic acids is 1. The lowest BCUT2D eigenvalue weighted by Crippen LogP contribution is -2.42. The standard InChI is InChI=1S/C14H16ClNO4/c1-9-7-10(15)4-5-12(9)20-8-13(17)16-6-2-3-11(16)14(18)19/h4-5,7,11H,2-3,6,8H2,1H3,(H,18,19)/t11-/m0/s1. The summed E-state index contributed by atoms with van der Waals surface area (Å²) in [5.41, 5.74) is 0.835. The van der Waals surface area contributed by atoms with E-state index in [2.05, 4.69) is 0 Å². The molecule has 1 heterocycles. The van der Waals surface area contributed by atoms with Crippen molar-refractivity contribution >= 4 is 23.5 Å². The molecule has 1 amide bonds. The maximum absolute atomic E-state index is 12.0. The van der Waals surface area contributed by atoms with Gasteiger partial charge in [-0.15, -0.1) is 0 Å². The number of halogens is 1. The molecule has 1 atom stereocenters. The van der Waals surface area contributed by atoms with E-state index in [0.717, 1.165) is 5.56 Å². The first-order chi connectivity index (χ1) is 9.49. The number of carboxylic acid groups (broad SMARTS) is 1. The zero-order chi connectivity index (χ0) is 14.7. The van der Waals surface area contributed by atoms with Crippen molar-refractivity contribution in [1.29, 1.82) is 0 Å². The molecule has 108 valence electrons. The number of amides is 1. The molecule has 6 heteroatoms. The average molecular weight is 298 g/mol. The van der Waals surface area contributed by atoms with Crippen molar-refractivity contribution < 1.29 is 19.4 Å². The minimum absolute atomic E-state index is 0.160. The Morgan fingerprint density at radius 2 is 2.25 bits per heavy atom. The van der Waals surface area contributed by atoms with E-state index in [1.807, 2.05) is 6.92 Å². The number of hydrogen-bond donors (Lipinski definition) is 1. The first-order valence-electron chi connectivity index (χ1n) is 6.40. The molecule has 0 saturated carbocycles. The first-order valence-corrected chi connectivity index (χ1v) is 6.78. The van der Waals surface area contributed by atoms with Gasteiger partial charge < -0.3 is 14.7 Å². The lowest BCUT2D eigenvalue weighted by molar-refractivity contribution is -0.148. The molecule has 20 heavy (non-hydrogen) atoms. The van der Waals surface area contributed by atoms with Crippen molar-refractivity contribution in [3.63, 3.8) is 0 Å². The van der Waals surface area contributed by atoms with Gasteiger partial charge in [-0.2, -0.15) is 0 Å². The molecule has 0 bridgehead atoms. The van der Waals surface area contributed by atoms with Crippen LogP contribution in [0.3, 0.4) is 0 Å². The SMILES string of the molecule is Cc1cc(Cl)ccc1OCC(=O)N1CCC[C@H]1C(=O)O. The van der Waals surface area contributed by atoms with Gasteiger partial charge in [0, 0.05) is 11.6 Å². The molecule has 0 spiro atoms. The van der Waals surface area contributed by atoms with E-state index in [0.29, 0.717) is 30.2 Å². The first kappa shape index (κ1) is 14.7. The van der Waals surface area contributed by atoms with Gasteiger partial charge in [-0.1, -0.05) is 11.6 Å². The summed E-state index contributed by atoms with van der Waals surface area (Å²) in [6, 6.07) is 4.41. The number of benzene rings is 1. The van der Waals surface area contributed by atoms with Gasteiger partial charge in [-0.25, -0.2) is 4.79 Å². The van der Waals surface area contributed by atoms with E-state index in [4.69, 9.17) is 21.4 Å². The minimum Gasteiger partial charge on any atom is -0.483 e. The number of rotatable bonds is 4. The van der Waals surface area contributed by atoms with Crippen LogP contribution in [0.2, 0.25) is 5.02 Å². The molecule has 1 fully saturated rings. The molecule has 1 N–H and O–H groups in total. The highest BCUT2D eigenvalue weighted by Gasteiger charge is 2.33. The van der Waals surface area contributed by atoms with Crippen LogP contribution in [-0.4, -0.2) is 41.1 Å². The molecular formula is C14H16ClNO4. The second-order valence-electron chi connectivity index (χ2n) is 4.78. The lowest BCUT2D eigenvalue weighted by atomic mass is 10.2. The molecule has 1 aliphatic heterocycles. The van der Waals surface area contributed by atoms with Crippen molar-refractivity contribution in [2.45, 2.75) is 25.8 Å². The average Bonchev–Trinajstić information content (AvgIpc) is 2.86. The Labute approximate surface area is 122 Å². The molecular weight excluding hydrogens is 282 g/mol. The van der Waals surface area contributed by atoms with E-state index in [1.165, 1.54) is 4.90 Å². The van der Waals surface area contributed by atoms with Crippen LogP contribution in [0.5, 0.6) is 5.75 Å². The van der Waals surface area contributed by atoms with Gasteiger partial charge in [-0.3, -0.25) is 4.79 Å². The zero-order valence-corrected chi connectivity index (χ0v) is 11.9. The summed E-state index contributed by atoms with van der Waals surface area (Å²) in [7, 11) is 0. The largest absolute Gasteiger partial charge is 0.483 e. The highest BCUT2D eigenvalue weighted by atomic mass is 35.5. The Balaban J connectivity index is 1.96. The summed E-state index contributed by atoms with van der Waals surface area (Å²) in [4.78, 5) is 24.4. The molecule has 5 nitrogen and oxygen atoms in total. The quantitative estimate of drug-likeness (QED) is 0.924. The van der Waals surface area contributed by atoms with Crippen LogP contribution in [0.1, 0.15) is 18.4 Å². The topological polar surface area (TPSA) is 66.8 Å². The maximum Gasteiger partial charge on any atom is 0.326 e. The maximum atomic E-state index is 12.0. The van der Waals surface area contributed by atoms with Gasteiger partial charge in [0.05, 0.1) is 0 Å². The Kier molecular flexibility index (Phi) is 4.49. The van der Waals surface area contributed by atoms with Crippen LogP contribution in [0.25, 0.3) is 0 Å². The molecule has 0 radical (unpaired) electrons. The molecule has 2 rings (SSSR count). The summed E-state index contributed by atoms with van der Waals surface area (Å²) in [6.07, 6.45) is 1.21. The fourth-order valence-corrected chi connectivity index (χ4v) is 2.55. The van der Waals surface area contributed by atoms with Gasteiger partial charge >= 0.3 is 5.97 Å². The lowest BCUT2D eigenvalue weighted by Gasteiger charge is -2.21. The molecule has 1 saturated heterocycles. The minimum atomic E-state index is -0.960. The predicted octanol–water partition coefficient (Wildman–Crippen LogP) is 2.10. The number of likely N-dealkylation sites (tertiary alicyclic amines) is 1. The third-order valence-electron chi connectivity index (χ3n) is 3.35. The van der Waals surface area contributed by atoms with Crippen molar-refractivity contribution in [2.24, 2.45) is 0 Å². The van der Waals surface area contributed by atoms with Gasteiger partial charge in [0.1, 0.15) is 11.8 Å². The van der Waals surface area contributed by atoms with Crippen molar-refractivity contribution in [1.82, 2.24) is 4.90 Å². The number of aryl methyl sites for hydroxylation is 1. The highest BCUT2D eigenvalue weighted by molar-refractivity contribution is 6.30. The zero-order valence-electron chi connectivity index (χ0n) is 11.1. The van der Waals surface area contributed by atoms with Gasteiger partial charge in [0.2, 0.25) is 0 Å². The molecule has 1 aliphatic rings. The van der Waals surface area contributed by atoms with Gasteiger partial charge in [0.15, 0.2) is 6.61 Å². The summed E-state index contributed by atoms with van der Waals surface area (Å²) in [6.45, 7) is 2.15. The van der Waals surface area contributed by atoms with E-state index >= 15 is 0 Å². The number of carbonyl (C=O) groups excluding carboxylic acids is 1. The highest BCUT2D eigenvalue weighted by Crippen LogP contribution is 2.22. The number of hydrogen-bond acceptors (Lipinski definition) is 3. The van der Waals surface area contributed by atoms with Crippen molar-refractivity contribution in [3.05, 3.63) is 28.8 Å². The fraction of sp³-hybridized carbons (Fsp3) is 0.429. The Morgan fingerprint density at radius 3 is 2.90 bits per heavy atom. The predicted molar refractivity (Wildman–Crippen MR) is 74.1 cm³/mol. The van der Waals surface area contributed by atoms with E-state index in [9.17, 15) is 9.59 Å². The van der Waals surface area contributed by atoms with Gasteiger partial charge in [0.25, 0.3) is 5.91 Å². The molecule has 1 aromatic rings. The summed E-state index contributed by atoms with van der Waals surface area (Å²) >= 11 is 5.84. The van der Waals surface area contributed by atoms with E-state index < -0.39 is 12.0 Å². The number of carbonyl (C=O) groups is 2. The second-order valence-corrected chi connectivity index (χ2v) is 5.22. The van der Waals surface area contributed by atoms with Crippen LogP contribution in [0.4, 0.5) is 0 Å². The molecule has 0 aromatic heterocycles. The van der Waals surface area contributed by atoms with Crippen LogP contribution in [-0.2, 0) is 9.59 Å².